The van der Waals surface area contributed by atoms with Gasteiger partial charge in [-0.05, 0) is 0 Å². The van der Waals surface area contributed by atoms with Gasteiger partial charge in [-0.15, -0.1) is 0 Å². The van der Waals surface area contributed by atoms with Gasteiger partial charge in [0.25, 0.3) is 0 Å². The third-order valence-electron chi connectivity index (χ3n) is 0.447. The molecule has 0 saturated carbocycles. The Labute approximate surface area is 64.0 Å². The number of hydrogen-bond donors (Lipinski definition) is 0. The summed E-state index contributed by atoms with van der Waals surface area (Å²) in [5.41, 5.74) is 0. The van der Waals surface area contributed by atoms with Crippen molar-refractivity contribution in [1.29, 1.82) is 0 Å². The van der Waals surface area contributed by atoms with Gasteiger partial charge in [-0.2, -0.15) is 0 Å². The van der Waals surface area contributed by atoms with Gasteiger partial charge < -0.3 is 13.6 Å². The van der Waals surface area contributed by atoms with Crippen LogP contribution in [-0.2, 0) is 33.7 Å². The minimum atomic E-state index is -1.05. The molecule has 3 nitrogen and oxygen atoms in total. The van der Waals surface area contributed by atoms with E-state index in [0.717, 1.165) is 0 Å². The molecular formula is C3H9O3PTc. The summed E-state index contributed by atoms with van der Waals surface area (Å²) in [4.78, 5) is 0. The molecule has 0 bridgehead atoms. The fourth-order valence-electron chi connectivity index (χ4n) is 0.224. The first-order valence-electron chi connectivity index (χ1n) is 1.77. The quantitative estimate of drug-likeness (QED) is 0.670. The molecule has 1 radical (unpaired) electrons. The first kappa shape index (κ1) is 11.7. The summed E-state index contributed by atoms with van der Waals surface area (Å²) in [6, 6.07) is 0. The van der Waals surface area contributed by atoms with Crippen molar-refractivity contribution < 1.29 is 33.7 Å². The van der Waals surface area contributed by atoms with Gasteiger partial charge in [0.15, 0.2) is 0 Å². The summed E-state index contributed by atoms with van der Waals surface area (Å²) in [6.45, 7) is 0. The fourth-order valence-corrected chi connectivity index (χ4v) is 0.671. The molecule has 0 heterocycles. The number of hydrogen-bond acceptors (Lipinski definition) is 3. The van der Waals surface area contributed by atoms with Crippen molar-refractivity contribution in [2.24, 2.45) is 0 Å². The van der Waals surface area contributed by atoms with Crippen LogP contribution in [0.5, 0.6) is 0 Å². The first-order chi connectivity index (χ1) is 3.35. The zero-order valence-corrected chi connectivity index (χ0v) is 7.80. The van der Waals surface area contributed by atoms with Crippen molar-refractivity contribution in [3.8, 4) is 0 Å². The van der Waals surface area contributed by atoms with Crippen molar-refractivity contribution in [3.05, 3.63) is 0 Å². The van der Waals surface area contributed by atoms with E-state index in [4.69, 9.17) is 0 Å². The van der Waals surface area contributed by atoms with E-state index in [1.54, 1.807) is 21.3 Å². The van der Waals surface area contributed by atoms with Gasteiger partial charge in [0.05, 0.1) is 0 Å². The van der Waals surface area contributed by atoms with Crippen LogP contribution < -0.4 is 0 Å². The second-order valence-corrected chi connectivity index (χ2v) is 2.31. The van der Waals surface area contributed by atoms with E-state index in [2.05, 4.69) is 13.6 Å². The van der Waals surface area contributed by atoms with Crippen LogP contribution in [0.15, 0.2) is 0 Å². The summed E-state index contributed by atoms with van der Waals surface area (Å²) < 4.78 is 14.0. The maximum atomic E-state index is 4.67. The topological polar surface area (TPSA) is 27.7 Å². The first-order valence-corrected chi connectivity index (χ1v) is 2.87. The van der Waals surface area contributed by atoms with Crippen molar-refractivity contribution in [1.82, 2.24) is 0 Å². The van der Waals surface area contributed by atoms with Crippen molar-refractivity contribution in [3.63, 3.8) is 0 Å². The van der Waals surface area contributed by atoms with Crippen LogP contribution in [0.2, 0.25) is 0 Å². The third kappa shape index (κ3) is 5.10. The van der Waals surface area contributed by atoms with E-state index >= 15 is 0 Å². The average molecular weight is 222 g/mol. The molecule has 51 valence electrons. The predicted octanol–water partition coefficient (Wildman–Crippen LogP) is 1.15. The van der Waals surface area contributed by atoms with Gasteiger partial charge in [0, 0.05) is 41.4 Å². The second-order valence-electron chi connectivity index (χ2n) is 0.771. The van der Waals surface area contributed by atoms with Gasteiger partial charge in [0.1, 0.15) is 0 Å². The molecule has 0 spiro atoms. The SMILES string of the molecule is COP(OC)OC.[Tc]. The van der Waals surface area contributed by atoms with E-state index < -0.39 is 8.60 Å². The molecule has 0 aromatic heterocycles. The molecular weight excluding hydrogens is 213 g/mol. The van der Waals surface area contributed by atoms with Crippen molar-refractivity contribution in [2.45, 2.75) is 0 Å². The third-order valence-corrected chi connectivity index (χ3v) is 1.34. The van der Waals surface area contributed by atoms with Crippen molar-refractivity contribution in [2.75, 3.05) is 21.3 Å². The van der Waals surface area contributed by atoms with E-state index in [9.17, 15) is 0 Å². The zero-order valence-electron chi connectivity index (χ0n) is 5.05. The molecule has 0 saturated heterocycles. The van der Waals surface area contributed by atoms with E-state index in [-0.39, 0.29) is 20.1 Å². The van der Waals surface area contributed by atoms with Crippen LogP contribution in [0, 0.1) is 0 Å². The summed E-state index contributed by atoms with van der Waals surface area (Å²) in [7, 11) is 3.57. The van der Waals surface area contributed by atoms with Gasteiger partial charge >= 0.3 is 8.60 Å². The van der Waals surface area contributed by atoms with Crippen LogP contribution in [0.25, 0.3) is 0 Å². The molecule has 0 atom stereocenters. The molecule has 0 aromatic carbocycles. The standard InChI is InChI=1S/C3H9O3P.Tc/c1-4-7(5-2)6-3;/h1-3H3;. The van der Waals surface area contributed by atoms with Gasteiger partial charge in [-0.1, -0.05) is 0 Å². The maximum absolute atomic E-state index is 4.67. The Morgan fingerprint density at radius 3 is 1.12 bits per heavy atom. The molecule has 0 aromatic rings. The maximum Gasteiger partial charge on any atom is 0.331 e. The van der Waals surface area contributed by atoms with Crippen LogP contribution >= 0.6 is 8.60 Å². The smallest absolute Gasteiger partial charge is 0.316 e. The summed E-state index contributed by atoms with van der Waals surface area (Å²) in [6.07, 6.45) is 0. The average Bonchev–Trinajstić information content (AvgIpc) is 1.72. The minimum absolute atomic E-state index is 0. The molecule has 5 heteroatoms. The molecule has 0 aliphatic heterocycles. The monoisotopic (exact) mass is 221 g/mol. The fraction of sp³-hybridized carbons (Fsp3) is 1.00. The van der Waals surface area contributed by atoms with Gasteiger partial charge in [-0.25, -0.2) is 0 Å². The second kappa shape index (κ2) is 7.96. The van der Waals surface area contributed by atoms with E-state index in [1.807, 2.05) is 0 Å². The zero-order chi connectivity index (χ0) is 5.70. The Morgan fingerprint density at radius 2 is 1.12 bits per heavy atom. The Balaban J connectivity index is 0. The molecule has 0 fully saturated rings. The molecule has 0 unspecified atom stereocenters. The molecule has 0 N–H and O–H groups in total. The Hall–Kier alpha value is 0.959. The van der Waals surface area contributed by atoms with Crippen LogP contribution in [-0.4, -0.2) is 21.3 Å². The molecule has 8 heavy (non-hydrogen) atoms. The Bertz CT molecular complexity index is 36.0. The summed E-state index contributed by atoms with van der Waals surface area (Å²) in [5.74, 6) is 0. The molecule has 0 rings (SSSR count). The normalized spacial score (nSPS) is 9.00. The summed E-state index contributed by atoms with van der Waals surface area (Å²) in [5, 5.41) is 0. The van der Waals surface area contributed by atoms with Crippen LogP contribution in [0.1, 0.15) is 0 Å². The largest absolute Gasteiger partial charge is 0.331 e. The number of rotatable bonds is 3. The minimum Gasteiger partial charge on any atom is -0.316 e. The predicted molar refractivity (Wildman–Crippen MR) is 27.9 cm³/mol. The molecule has 0 aliphatic rings. The molecule has 0 aliphatic carbocycles. The molecule has 0 amide bonds. The van der Waals surface area contributed by atoms with Gasteiger partial charge in [-0.3, -0.25) is 0 Å². The van der Waals surface area contributed by atoms with E-state index in [1.165, 1.54) is 0 Å². The van der Waals surface area contributed by atoms with Crippen LogP contribution in [0.4, 0.5) is 0 Å². The van der Waals surface area contributed by atoms with Gasteiger partial charge in [0.2, 0.25) is 0 Å². The van der Waals surface area contributed by atoms with Crippen LogP contribution in [0.3, 0.4) is 0 Å². The van der Waals surface area contributed by atoms with Crippen molar-refractivity contribution >= 4 is 8.60 Å². The Morgan fingerprint density at radius 1 is 0.875 bits per heavy atom. The Kier molecular flexibility index (Phi) is 11.7. The summed E-state index contributed by atoms with van der Waals surface area (Å²) >= 11 is 0. The van der Waals surface area contributed by atoms with E-state index in [0.29, 0.717) is 0 Å².